The fourth-order valence-corrected chi connectivity index (χ4v) is 3.97. The third kappa shape index (κ3) is 3.44. The van der Waals surface area contributed by atoms with Gasteiger partial charge in [-0.2, -0.15) is 4.98 Å². The molecule has 1 amide bonds. The topological polar surface area (TPSA) is 85.0 Å². The molecular weight excluding hydrogens is 402 g/mol. The number of amides is 1. The molecule has 2 aromatic carbocycles. The van der Waals surface area contributed by atoms with Gasteiger partial charge in [0, 0.05) is 5.02 Å². The Bertz CT molecular complexity index is 1170. The zero-order chi connectivity index (χ0) is 20.5. The summed E-state index contributed by atoms with van der Waals surface area (Å²) in [6, 6.07) is 21.0. The van der Waals surface area contributed by atoms with E-state index in [1.54, 1.807) is 16.8 Å². The molecule has 30 heavy (non-hydrogen) atoms. The lowest BCUT2D eigenvalue weighted by Crippen LogP contribution is -2.28. The molecule has 1 aliphatic rings. The molecular formula is C22H18ClN5O2. The SMILES string of the molecule is O=C(Nc1nc2n(n1)[C@H](c1ccccc1Cl)C[C@@H](c1ccccc1)N2)c1ccco1. The molecule has 8 heteroatoms. The molecule has 4 aromatic rings. The second-order valence-corrected chi connectivity index (χ2v) is 7.42. The largest absolute Gasteiger partial charge is 0.459 e. The first kappa shape index (κ1) is 18.4. The van der Waals surface area contributed by atoms with Gasteiger partial charge in [-0.3, -0.25) is 10.1 Å². The lowest BCUT2D eigenvalue weighted by Gasteiger charge is -2.32. The Hall–Kier alpha value is -3.58. The molecule has 2 N–H and O–H groups in total. The molecule has 5 rings (SSSR count). The number of hydrogen-bond acceptors (Lipinski definition) is 5. The molecule has 2 atom stereocenters. The second kappa shape index (κ2) is 7.68. The van der Waals surface area contributed by atoms with Crippen LogP contribution in [-0.2, 0) is 0 Å². The van der Waals surface area contributed by atoms with Crippen LogP contribution in [0.25, 0.3) is 0 Å². The quantitative estimate of drug-likeness (QED) is 0.490. The van der Waals surface area contributed by atoms with Crippen molar-refractivity contribution < 1.29 is 9.21 Å². The Labute approximate surface area is 177 Å². The number of carbonyl (C=O) groups is 1. The molecule has 2 aromatic heterocycles. The summed E-state index contributed by atoms with van der Waals surface area (Å²) in [6.07, 6.45) is 2.18. The van der Waals surface area contributed by atoms with Gasteiger partial charge in [0.25, 0.3) is 11.9 Å². The van der Waals surface area contributed by atoms with Crippen LogP contribution in [0.1, 0.15) is 40.2 Å². The number of rotatable bonds is 4. The molecule has 0 saturated carbocycles. The Morgan fingerprint density at radius 2 is 1.90 bits per heavy atom. The van der Waals surface area contributed by atoms with E-state index in [9.17, 15) is 4.79 Å². The Kier molecular flexibility index (Phi) is 4.72. The van der Waals surface area contributed by atoms with Gasteiger partial charge in [0.1, 0.15) is 0 Å². The van der Waals surface area contributed by atoms with E-state index in [1.165, 1.54) is 6.26 Å². The maximum atomic E-state index is 12.3. The van der Waals surface area contributed by atoms with Crippen molar-refractivity contribution in [3.63, 3.8) is 0 Å². The van der Waals surface area contributed by atoms with Gasteiger partial charge in [-0.15, -0.1) is 5.10 Å². The van der Waals surface area contributed by atoms with E-state index in [4.69, 9.17) is 16.0 Å². The van der Waals surface area contributed by atoms with Crippen LogP contribution in [0.5, 0.6) is 0 Å². The molecule has 0 radical (unpaired) electrons. The van der Waals surface area contributed by atoms with Crippen LogP contribution in [0.4, 0.5) is 11.9 Å². The number of benzene rings is 2. The first-order chi connectivity index (χ1) is 14.7. The van der Waals surface area contributed by atoms with E-state index in [0.717, 1.165) is 17.5 Å². The number of nitrogens with zero attached hydrogens (tertiary/aromatic N) is 3. The summed E-state index contributed by atoms with van der Waals surface area (Å²) in [6.45, 7) is 0. The van der Waals surface area contributed by atoms with Gasteiger partial charge in [-0.25, -0.2) is 4.68 Å². The maximum Gasteiger partial charge on any atom is 0.293 e. The van der Waals surface area contributed by atoms with Gasteiger partial charge in [0.05, 0.1) is 18.3 Å². The minimum Gasteiger partial charge on any atom is -0.459 e. The highest BCUT2D eigenvalue weighted by Crippen LogP contribution is 2.40. The van der Waals surface area contributed by atoms with Crippen LogP contribution in [-0.4, -0.2) is 20.7 Å². The van der Waals surface area contributed by atoms with Gasteiger partial charge in [0.2, 0.25) is 5.95 Å². The molecule has 1 aliphatic heterocycles. The minimum atomic E-state index is -0.406. The molecule has 7 nitrogen and oxygen atoms in total. The molecule has 3 heterocycles. The van der Waals surface area contributed by atoms with Crippen LogP contribution in [0, 0.1) is 0 Å². The number of fused-ring (bicyclic) bond motifs is 1. The highest BCUT2D eigenvalue weighted by atomic mass is 35.5. The van der Waals surface area contributed by atoms with Crippen LogP contribution in [0.15, 0.2) is 77.4 Å². The van der Waals surface area contributed by atoms with Crippen molar-refractivity contribution in [2.75, 3.05) is 10.6 Å². The molecule has 0 bridgehead atoms. The molecule has 0 aliphatic carbocycles. The normalized spacial score (nSPS) is 17.8. The Morgan fingerprint density at radius 3 is 2.67 bits per heavy atom. The van der Waals surface area contributed by atoms with Crippen molar-refractivity contribution in [2.24, 2.45) is 0 Å². The monoisotopic (exact) mass is 419 g/mol. The van der Waals surface area contributed by atoms with Crippen LogP contribution in [0.3, 0.4) is 0 Å². The number of carbonyl (C=O) groups excluding carboxylic acids is 1. The third-order valence-electron chi connectivity index (χ3n) is 5.13. The summed E-state index contributed by atoms with van der Waals surface area (Å²) in [7, 11) is 0. The van der Waals surface area contributed by atoms with Gasteiger partial charge >= 0.3 is 0 Å². The number of nitrogens with one attached hydrogen (secondary N) is 2. The fraction of sp³-hybridized carbons (Fsp3) is 0.136. The van der Waals surface area contributed by atoms with E-state index < -0.39 is 5.91 Å². The van der Waals surface area contributed by atoms with Crippen molar-refractivity contribution in [1.29, 1.82) is 0 Å². The summed E-state index contributed by atoms with van der Waals surface area (Å²) in [4.78, 5) is 16.8. The van der Waals surface area contributed by atoms with Crippen LogP contribution >= 0.6 is 11.6 Å². The van der Waals surface area contributed by atoms with Crippen molar-refractivity contribution in [3.05, 3.63) is 94.9 Å². The van der Waals surface area contributed by atoms with Crippen LogP contribution in [0.2, 0.25) is 5.02 Å². The number of aromatic nitrogens is 3. The maximum absolute atomic E-state index is 12.3. The summed E-state index contributed by atoms with van der Waals surface area (Å²) in [5.41, 5.74) is 2.10. The Morgan fingerprint density at radius 1 is 1.10 bits per heavy atom. The number of halogens is 1. The highest BCUT2D eigenvalue weighted by molar-refractivity contribution is 6.31. The highest BCUT2D eigenvalue weighted by Gasteiger charge is 2.32. The lowest BCUT2D eigenvalue weighted by molar-refractivity contribution is 0.0995. The molecule has 0 saturated heterocycles. The zero-order valence-electron chi connectivity index (χ0n) is 15.8. The van der Waals surface area contributed by atoms with E-state index >= 15 is 0 Å². The average Bonchev–Trinajstić information content (AvgIpc) is 3.44. The van der Waals surface area contributed by atoms with Crippen molar-refractivity contribution in [2.45, 2.75) is 18.5 Å². The van der Waals surface area contributed by atoms with E-state index in [0.29, 0.717) is 11.0 Å². The van der Waals surface area contributed by atoms with Gasteiger partial charge in [-0.05, 0) is 35.7 Å². The second-order valence-electron chi connectivity index (χ2n) is 7.02. The molecule has 0 fully saturated rings. The zero-order valence-corrected chi connectivity index (χ0v) is 16.6. The summed E-state index contributed by atoms with van der Waals surface area (Å²) < 4.78 is 6.92. The number of anilines is 2. The number of furan rings is 1. The van der Waals surface area contributed by atoms with Gasteiger partial charge in [-0.1, -0.05) is 60.1 Å². The minimum absolute atomic E-state index is 0.0257. The Balaban J connectivity index is 1.52. The first-order valence-electron chi connectivity index (χ1n) is 9.56. The predicted molar refractivity (Wildman–Crippen MR) is 114 cm³/mol. The van der Waals surface area contributed by atoms with Crippen molar-refractivity contribution in [3.8, 4) is 0 Å². The fourth-order valence-electron chi connectivity index (χ4n) is 3.71. The van der Waals surface area contributed by atoms with Gasteiger partial charge in [0.15, 0.2) is 5.76 Å². The average molecular weight is 420 g/mol. The summed E-state index contributed by atoms with van der Waals surface area (Å²) in [5.74, 6) is 0.553. The third-order valence-corrected chi connectivity index (χ3v) is 5.47. The lowest BCUT2D eigenvalue weighted by atomic mass is 9.93. The summed E-state index contributed by atoms with van der Waals surface area (Å²) in [5, 5.41) is 11.3. The standard InChI is InChI=1S/C22H18ClN5O2/c23-16-10-5-4-9-15(16)18-13-17(14-7-2-1-3-8-14)24-22-26-21(27-28(18)22)25-20(29)19-11-6-12-30-19/h1-12,17-18H,13H2,(H2,24,25,26,27,29)/t17-,18-/m0/s1. The van der Waals surface area contributed by atoms with E-state index in [2.05, 4.69) is 32.8 Å². The van der Waals surface area contributed by atoms with Gasteiger partial charge < -0.3 is 9.73 Å². The first-order valence-corrected chi connectivity index (χ1v) is 9.94. The smallest absolute Gasteiger partial charge is 0.293 e. The van der Waals surface area contributed by atoms with Crippen molar-refractivity contribution >= 4 is 29.4 Å². The molecule has 0 unspecified atom stereocenters. The number of hydrogen-bond donors (Lipinski definition) is 2. The van der Waals surface area contributed by atoms with Crippen molar-refractivity contribution in [1.82, 2.24) is 14.8 Å². The van der Waals surface area contributed by atoms with Crippen LogP contribution < -0.4 is 10.6 Å². The van der Waals surface area contributed by atoms with E-state index in [-0.39, 0.29) is 23.8 Å². The van der Waals surface area contributed by atoms with E-state index in [1.807, 2.05) is 42.5 Å². The predicted octanol–water partition coefficient (Wildman–Crippen LogP) is 4.92. The summed E-state index contributed by atoms with van der Waals surface area (Å²) >= 11 is 6.51. The molecule has 150 valence electrons. The molecule has 0 spiro atoms.